The SMILES string of the molecule is C(C#Cc1ccncc1)#Cc1ccncc1.Clc1cc(-c2ccccn2)nc(-c2ccccn2)c1.Clc1cc(-c2ccccn2)nc(-c2ccccn2)c1.[Pt].[Pt]. The molecule has 0 bridgehead atoms. The molecule has 56 heavy (non-hydrogen) atoms. The normalized spacial score (nSPS) is 9.39. The first-order valence-electron chi connectivity index (χ1n) is 16.4. The second-order valence-electron chi connectivity index (χ2n) is 10.9. The molecule has 8 heterocycles. The Morgan fingerprint density at radius 3 is 0.875 bits per heavy atom. The van der Waals surface area contributed by atoms with Gasteiger partial charge in [0.2, 0.25) is 0 Å². The van der Waals surface area contributed by atoms with Crippen LogP contribution in [0, 0.1) is 23.7 Å². The van der Waals surface area contributed by atoms with E-state index in [0.717, 1.165) is 56.7 Å². The Hall–Kier alpha value is -5.72. The van der Waals surface area contributed by atoms with Gasteiger partial charge in [0.15, 0.2) is 0 Å². The van der Waals surface area contributed by atoms with Crippen LogP contribution in [0.2, 0.25) is 10.0 Å². The fourth-order valence-electron chi connectivity index (χ4n) is 4.65. The minimum absolute atomic E-state index is 0. The van der Waals surface area contributed by atoms with Crippen LogP contribution in [-0.2, 0) is 42.1 Å². The first-order valence-corrected chi connectivity index (χ1v) is 17.2. The summed E-state index contributed by atoms with van der Waals surface area (Å²) in [5.74, 6) is 11.5. The van der Waals surface area contributed by atoms with E-state index in [1.54, 1.807) is 73.8 Å². The predicted octanol–water partition coefficient (Wildman–Crippen LogP) is 9.59. The van der Waals surface area contributed by atoms with Gasteiger partial charge in [-0.05, 0) is 109 Å². The zero-order valence-corrected chi connectivity index (χ0v) is 35.2. The van der Waals surface area contributed by atoms with Gasteiger partial charge in [-0.2, -0.15) is 0 Å². The van der Waals surface area contributed by atoms with E-state index < -0.39 is 0 Å². The van der Waals surface area contributed by atoms with E-state index >= 15 is 0 Å². The van der Waals surface area contributed by atoms with Gasteiger partial charge in [-0.1, -0.05) is 59.3 Å². The molecule has 0 unspecified atom stereocenters. The van der Waals surface area contributed by atoms with Gasteiger partial charge in [-0.15, -0.1) is 0 Å². The number of rotatable bonds is 4. The quantitative estimate of drug-likeness (QED) is 0.161. The molecule has 0 atom stereocenters. The molecule has 0 fully saturated rings. The van der Waals surface area contributed by atoms with Crippen molar-refractivity contribution in [1.29, 1.82) is 0 Å². The molecule has 0 aliphatic rings. The van der Waals surface area contributed by atoms with Crippen molar-refractivity contribution in [2.45, 2.75) is 0 Å². The third-order valence-electron chi connectivity index (χ3n) is 7.13. The summed E-state index contributed by atoms with van der Waals surface area (Å²) in [6.07, 6.45) is 13.8. The van der Waals surface area contributed by atoms with E-state index in [-0.39, 0.29) is 42.1 Å². The van der Waals surface area contributed by atoms with Crippen molar-refractivity contribution >= 4 is 23.2 Å². The van der Waals surface area contributed by atoms with Crippen LogP contribution in [0.3, 0.4) is 0 Å². The molecule has 0 saturated heterocycles. The maximum Gasteiger partial charge on any atom is 0.0909 e. The molecule has 0 saturated carbocycles. The molecule has 8 aromatic heterocycles. The average Bonchev–Trinajstić information content (AvgIpc) is 3.24. The van der Waals surface area contributed by atoms with Crippen molar-refractivity contribution in [3.63, 3.8) is 0 Å². The summed E-state index contributed by atoms with van der Waals surface area (Å²) in [5, 5.41) is 1.24. The number of aromatic nitrogens is 8. The van der Waals surface area contributed by atoms with Gasteiger partial charge < -0.3 is 0 Å². The van der Waals surface area contributed by atoms with Crippen molar-refractivity contribution in [3.8, 4) is 69.2 Å². The van der Waals surface area contributed by atoms with Crippen molar-refractivity contribution in [1.82, 2.24) is 39.9 Å². The molecule has 0 radical (unpaired) electrons. The minimum Gasteiger partial charge on any atom is -0.265 e. The topological polar surface area (TPSA) is 103 Å². The molecule has 8 rings (SSSR count). The Morgan fingerprint density at radius 2 is 0.625 bits per heavy atom. The molecule has 8 nitrogen and oxygen atoms in total. The standard InChI is InChI=1S/2C15H10ClN3.C14H8N2.2Pt/c2*16-11-9-14(12-5-1-3-7-17-12)19-15(10-11)13-6-2-4-8-18-13;1(3-13-5-9-15-10-6-13)2-4-14-7-11-16-12-8-14;;/h2*1-10H;5-12H;;. The van der Waals surface area contributed by atoms with Crippen LogP contribution >= 0.6 is 23.2 Å². The van der Waals surface area contributed by atoms with E-state index in [0.29, 0.717) is 10.0 Å². The molecule has 12 heteroatoms. The van der Waals surface area contributed by atoms with Crippen LogP contribution in [-0.4, -0.2) is 39.9 Å². The maximum absolute atomic E-state index is 6.15. The Balaban J connectivity index is 0.000000184. The molecule has 0 aromatic carbocycles. The van der Waals surface area contributed by atoms with Crippen LogP contribution < -0.4 is 0 Å². The van der Waals surface area contributed by atoms with Crippen molar-refractivity contribution in [3.05, 3.63) is 192 Å². The monoisotopic (exact) mass is 1130 g/mol. The fraction of sp³-hybridized carbons (Fsp3) is 0. The molecule has 0 amide bonds. The smallest absolute Gasteiger partial charge is 0.0909 e. The zero-order chi connectivity index (χ0) is 37.2. The summed E-state index contributed by atoms with van der Waals surface area (Å²) in [7, 11) is 0. The first kappa shape index (κ1) is 43.0. The minimum atomic E-state index is 0. The van der Waals surface area contributed by atoms with Gasteiger partial charge in [0.1, 0.15) is 0 Å². The summed E-state index contributed by atoms with van der Waals surface area (Å²) in [6, 6.07) is 37.4. The molecule has 0 aliphatic heterocycles. The molecule has 0 spiro atoms. The van der Waals surface area contributed by atoms with Crippen LogP contribution in [0.15, 0.2) is 171 Å². The average molecular weight is 1130 g/mol. The van der Waals surface area contributed by atoms with E-state index in [4.69, 9.17) is 23.2 Å². The zero-order valence-electron chi connectivity index (χ0n) is 29.1. The Bertz CT molecular complexity index is 2220. The number of hydrogen-bond acceptors (Lipinski definition) is 8. The maximum atomic E-state index is 6.15. The van der Waals surface area contributed by atoms with E-state index in [1.165, 1.54) is 0 Å². The Labute approximate surface area is 363 Å². The third-order valence-corrected chi connectivity index (χ3v) is 7.56. The van der Waals surface area contributed by atoms with Gasteiger partial charge in [0.25, 0.3) is 0 Å². The summed E-state index contributed by atoms with van der Waals surface area (Å²) in [6.45, 7) is 0. The second-order valence-corrected chi connectivity index (χ2v) is 11.8. The molecule has 8 aromatic rings. The Morgan fingerprint density at radius 1 is 0.339 bits per heavy atom. The number of halogens is 2. The van der Waals surface area contributed by atoms with E-state index in [1.807, 2.05) is 97.1 Å². The van der Waals surface area contributed by atoms with Crippen molar-refractivity contribution in [2.24, 2.45) is 0 Å². The molecular weight excluding hydrogens is 1100 g/mol. The fourth-order valence-corrected chi connectivity index (χ4v) is 5.07. The van der Waals surface area contributed by atoms with Gasteiger partial charge in [0.05, 0.1) is 45.6 Å². The molecule has 0 N–H and O–H groups in total. The largest absolute Gasteiger partial charge is 0.265 e. The first-order chi connectivity index (χ1) is 26.6. The van der Waals surface area contributed by atoms with Crippen LogP contribution in [0.25, 0.3) is 45.6 Å². The number of pyridine rings is 8. The van der Waals surface area contributed by atoms with Gasteiger partial charge >= 0.3 is 0 Å². The van der Waals surface area contributed by atoms with Crippen LogP contribution in [0.4, 0.5) is 0 Å². The van der Waals surface area contributed by atoms with E-state index in [9.17, 15) is 0 Å². The van der Waals surface area contributed by atoms with Crippen molar-refractivity contribution < 1.29 is 42.1 Å². The summed E-state index contributed by atoms with van der Waals surface area (Å²) < 4.78 is 0. The van der Waals surface area contributed by atoms with E-state index in [2.05, 4.69) is 63.6 Å². The van der Waals surface area contributed by atoms with Gasteiger partial charge in [-0.3, -0.25) is 29.9 Å². The molecular formula is C44H28Cl2N8Pt2. The predicted molar refractivity (Wildman–Crippen MR) is 214 cm³/mol. The van der Waals surface area contributed by atoms with Gasteiger partial charge in [-0.25, -0.2) is 9.97 Å². The third kappa shape index (κ3) is 13.5. The van der Waals surface area contributed by atoms with Crippen LogP contribution in [0.5, 0.6) is 0 Å². The number of nitrogens with zero attached hydrogens (tertiary/aromatic N) is 8. The van der Waals surface area contributed by atoms with Crippen LogP contribution in [0.1, 0.15) is 11.1 Å². The van der Waals surface area contributed by atoms with Crippen molar-refractivity contribution in [2.75, 3.05) is 0 Å². The van der Waals surface area contributed by atoms with Gasteiger partial charge in [0, 0.05) is 113 Å². The molecule has 0 aliphatic carbocycles. The molecule has 278 valence electrons. The summed E-state index contributed by atoms with van der Waals surface area (Å²) >= 11 is 12.3. The Kier molecular flexibility index (Phi) is 17.9. The second kappa shape index (κ2) is 23.3. The summed E-state index contributed by atoms with van der Waals surface area (Å²) in [5.41, 5.74) is 7.98. The number of hydrogen-bond donors (Lipinski definition) is 0. The summed E-state index contributed by atoms with van der Waals surface area (Å²) in [4.78, 5) is 34.1.